The number of benzene rings is 1. The van der Waals surface area contributed by atoms with E-state index in [9.17, 15) is 9.46 Å². The van der Waals surface area contributed by atoms with Crippen LogP contribution in [0.3, 0.4) is 0 Å². The van der Waals surface area contributed by atoms with Crippen molar-refractivity contribution < 1.29 is 18.7 Å². The molecule has 1 aromatic carbocycles. The van der Waals surface area contributed by atoms with Crippen LogP contribution in [0, 0.1) is 0 Å². The molecule has 0 saturated heterocycles. The first-order chi connectivity index (χ1) is 18.5. The Morgan fingerprint density at radius 3 is 1.87 bits per heavy atom. The fourth-order valence-electron chi connectivity index (χ4n) is 4.33. The van der Waals surface area contributed by atoms with Crippen LogP contribution in [0.5, 0.6) is 5.75 Å². The lowest BCUT2D eigenvalue weighted by Gasteiger charge is -2.09. The molecule has 7 heteroatoms. The molecule has 212 valence electrons. The van der Waals surface area contributed by atoms with Gasteiger partial charge in [0, 0.05) is 6.20 Å². The van der Waals surface area contributed by atoms with Crippen LogP contribution < -0.4 is 4.74 Å². The third-order valence-electron chi connectivity index (χ3n) is 6.51. The monoisotopic (exact) mass is 544 g/mol. The van der Waals surface area contributed by atoms with Gasteiger partial charge < -0.3 is 14.2 Å². The molecule has 0 aliphatic carbocycles. The highest BCUT2D eigenvalue weighted by atomic mass is 31.2. The summed E-state index contributed by atoms with van der Waals surface area (Å²) >= 11 is 0. The van der Waals surface area contributed by atoms with E-state index in [2.05, 4.69) is 16.9 Å². The van der Waals surface area contributed by atoms with Crippen LogP contribution in [0.2, 0.25) is 0 Å². The molecule has 0 radical (unpaired) electrons. The quantitative estimate of drug-likeness (QED) is 0.117. The third-order valence-corrected chi connectivity index (χ3v) is 7.90. The Labute approximate surface area is 230 Å². The summed E-state index contributed by atoms with van der Waals surface area (Å²) in [5, 5.41) is 0. The standard InChI is InChI=1S/C31H49N2O4P/c1-3-5-6-7-8-9-10-11-12-13-14-15-16-17-24-36-31-22-19-28(20-23-31)18-21-29-25-33-30(26-32-29)27-38(34,35)37-4-2/h18-23,25-26H,3-17,24,27H2,1-2H3,(H,34,35)/b21-18+. The minimum atomic E-state index is -3.66. The summed E-state index contributed by atoms with van der Waals surface area (Å²) in [6.07, 6.45) is 25.8. The molecule has 0 aliphatic rings. The Morgan fingerprint density at radius 1 is 0.763 bits per heavy atom. The van der Waals surface area contributed by atoms with Crippen molar-refractivity contribution in [1.29, 1.82) is 0 Å². The fourth-order valence-corrected chi connectivity index (χ4v) is 5.40. The molecule has 1 atom stereocenters. The van der Waals surface area contributed by atoms with Gasteiger partial charge in [0.1, 0.15) is 5.75 Å². The molecule has 0 amide bonds. The zero-order valence-corrected chi connectivity index (χ0v) is 24.5. The zero-order valence-electron chi connectivity index (χ0n) is 23.7. The van der Waals surface area contributed by atoms with E-state index in [4.69, 9.17) is 9.26 Å². The summed E-state index contributed by atoms with van der Waals surface area (Å²) in [6.45, 7) is 4.91. The Hall–Kier alpha value is -2.01. The lowest BCUT2D eigenvalue weighted by atomic mass is 10.0. The lowest BCUT2D eigenvalue weighted by molar-refractivity contribution is 0.272. The molecule has 2 rings (SSSR count). The van der Waals surface area contributed by atoms with E-state index in [0.29, 0.717) is 11.4 Å². The van der Waals surface area contributed by atoms with Crippen molar-refractivity contribution in [3.05, 3.63) is 53.6 Å². The summed E-state index contributed by atoms with van der Waals surface area (Å²) < 4.78 is 22.6. The van der Waals surface area contributed by atoms with E-state index < -0.39 is 7.60 Å². The Morgan fingerprint density at radius 2 is 1.34 bits per heavy atom. The van der Waals surface area contributed by atoms with E-state index in [0.717, 1.165) is 24.3 Å². The Balaban J connectivity index is 1.52. The van der Waals surface area contributed by atoms with Gasteiger partial charge >= 0.3 is 7.60 Å². The van der Waals surface area contributed by atoms with E-state index in [1.54, 1.807) is 13.1 Å². The molecule has 0 aliphatic heterocycles. The fraction of sp³-hybridized carbons (Fsp3) is 0.613. The smallest absolute Gasteiger partial charge is 0.334 e. The van der Waals surface area contributed by atoms with Gasteiger partial charge in [-0.05, 0) is 37.1 Å². The van der Waals surface area contributed by atoms with Gasteiger partial charge in [0.15, 0.2) is 0 Å². The predicted molar refractivity (Wildman–Crippen MR) is 158 cm³/mol. The first kappa shape index (κ1) is 32.2. The first-order valence-electron chi connectivity index (χ1n) is 14.7. The number of hydrogen-bond donors (Lipinski definition) is 1. The molecule has 1 aromatic heterocycles. The third kappa shape index (κ3) is 15.4. The van der Waals surface area contributed by atoms with Gasteiger partial charge in [0.25, 0.3) is 0 Å². The van der Waals surface area contributed by atoms with Crippen molar-refractivity contribution in [3.8, 4) is 5.75 Å². The highest BCUT2D eigenvalue weighted by Gasteiger charge is 2.20. The molecule has 2 aromatic rings. The molecule has 6 nitrogen and oxygen atoms in total. The van der Waals surface area contributed by atoms with Crippen molar-refractivity contribution >= 4 is 19.7 Å². The van der Waals surface area contributed by atoms with E-state index in [1.807, 2.05) is 36.4 Å². The molecular weight excluding hydrogens is 495 g/mol. The second-order valence-electron chi connectivity index (χ2n) is 9.99. The van der Waals surface area contributed by atoms with Crippen molar-refractivity contribution in [2.45, 2.75) is 110 Å². The van der Waals surface area contributed by atoms with Crippen LogP contribution in [0.15, 0.2) is 36.7 Å². The van der Waals surface area contributed by atoms with Crippen LogP contribution in [-0.4, -0.2) is 28.1 Å². The van der Waals surface area contributed by atoms with E-state index in [1.165, 1.54) is 89.7 Å². The number of aromatic nitrogens is 2. The minimum Gasteiger partial charge on any atom is -0.494 e. The number of ether oxygens (including phenoxy) is 1. The lowest BCUT2D eigenvalue weighted by Crippen LogP contribution is -1.97. The first-order valence-corrected chi connectivity index (χ1v) is 16.5. The van der Waals surface area contributed by atoms with E-state index in [-0.39, 0.29) is 12.8 Å². The van der Waals surface area contributed by atoms with Gasteiger partial charge in [0.2, 0.25) is 0 Å². The van der Waals surface area contributed by atoms with Crippen LogP contribution >= 0.6 is 7.60 Å². The zero-order chi connectivity index (χ0) is 27.3. The molecule has 1 N–H and O–H groups in total. The highest BCUT2D eigenvalue weighted by molar-refractivity contribution is 7.51. The van der Waals surface area contributed by atoms with Crippen molar-refractivity contribution in [1.82, 2.24) is 9.97 Å². The van der Waals surface area contributed by atoms with Crippen molar-refractivity contribution in [2.24, 2.45) is 0 Å². The molecule has 0 bridgehead atoms. The van der Waals surface area contributed by atoms with Gasteiger partial charge in [-0.15, -0.1) is 0 Å². The predicted octanol–water partition coefficient (Wildman–Crippen LogP) is 9.23. The van der Waals surface area contributed by atoms with Crippen LogP contribution in [-0.2, 0) is 15.3 Å². The molecule has 0 saturated carbocycles. The maximum absolute atomic E-state index is 11.8. The normalized spacial score (nSPS) is 13.1. The van der Waals surface area contributed by atoms with Gasteiger partial charge in [-0.1, -0.05) is 109 Å². The number of nitrogens with zero attached hydrogens (tertiary/aromatic N) is 2. The summed E-state index contributed by atoms with van der Waals surface area (Å²) in [5.74, 6) is 0.892. The topological polar surface area (TPSA) is 81.5 Å². The van der Waals surface area contributed by atoms with Gasteiger partial charge in [0.05, 0.1) is 37.0 Å². The summed E-state index contributed by atoms with van der Waals surface area (Å²) in [6, 6.07) is 8.02. The maximum atomic E-state index is 11.8. The van der Waals surface area contributed by atoms with Gasteiger partial charge in [-0.25, -0.2) is 0 Å². The average molecular weight is 545 g/mol. The highest BCUT2D eigenvalue weighted by Crippen LogP contribution is 2.44. The van der Waals surface area contributed by atoms with Gasteiger partial charge in [-0.2, -0.15) is 0 Å². The van der Waals surface area contributed by atoms with Crippen LogP contribution in [0.4, 0.5) is 0 Å². The molecular formula is C31H49N2O4P. The SMILES string of the molecule is CCCCCCCCCCCCCCCCOc1ccc(/C=C/c2cnc(CP(=O)(O)OCC)cn2)cc1. The summed E-state index contributed by atoms with van der Waals surface area (Å²) in [7, 11) is -3.66. The number of unbranched alkanes of at least 4 members (excludes halogenated alkanes) is 13. The number of hydrogen-bond acceptors (Lipinski definition) is 5. The average Bonchev–Trinajstić information content (AvgIpc) is 2.91. The number of rotatable bonds is 22. The van der Waals surface area contributed by atoms with Crippen LogP contribution in [0.1, 0.15) is 121 Å². The summed E-state index contributed by atoms with van der Waals surface area (Å²) in [4.78, 5) is 18.2. The van der Waals surface area contributed by atoms with E-state index >= 15 is 0 Å². The molecule has 0 spiro atoms. The second kappa shape index (κ2) is 20.0. The molecule has 1 unspecified atom stereocenters. The minimum absolute atomic E-state index is 0.140. The Kier molecular flexibility index (Phi) is 16.9. The van der Waals surface area contributed by atoms with Crippen molar-refractivity contribution in [2.75, 3.05) is 13.2 Å². The molecule has 1 heterocycles. The Bertz CT molecular complexity index is 932. The summed E-state index contributed by atoms with van der Waals surface area (Å²) in [5.41, 5.74) is 2.15. The van der Waals surface area contributed by atoms with Crippen molar-refractivity contribution in [3.63, 3.8) is 0 Å². The maximum Gasteiger partial charge on any atom is 0.334 e. The van der Waals surface area contributed by atoms with Crippen LogP contribution in [0.25, 0.3) is 12.2 Å². The molecule has 38 heavy (non-hydrogen) atoms. The second-order valence-corrected chi connectivity index (χ2v) is 11.8. The largest absolute Gasteiger partial charge is 0.494 e. The van der Waals surface area contributed by atoms with Gasteiger partial charge in [-0.3, -0.25) is 14.5 Å². The molecule has 0 fully saturated rings.